The lowest BCUT2D eigenvalue weighted by Crippen LogP contribution is -2.36. The zero-order valence-corrected chi connectivity index (χ0v) is 19.7. The van der Waals surface area contributed by atoms with Crippen LogP contribution in [-0.4, -0.2) is 69.0 Å². The quantitative estimate of drug-likeness (QED) is 0.600. The predicted octanol–water partition coefficient (Wildman–Crippen LogP) is 3.22. The first kappa shape index (κ1) is 23.7. The summed E-state index contributed by atoms with van der Waals surface area (Å²) in [6.07, 6.45) is 1.58. The second-order valence-corrected chi connectivity index (χ2v) is 8.60. The minimum absolute atomic E-state index is 0.225. The zero-order chi connectivity index (χ0) is 24.1. The van der Waals surface area contributed by atoms with E-state index >= 15 is 0 Å². The summed E-state index contributed by atoms with van der Waals surface area (Å²) >= 11 is 0.791. The highest BCUT2D eigenvalue weighted by molar-refractivity contribution is 8.18. The van der Waals surface area contributed by atoms with Gasteiger partial charge < -0.3 is 24.4 Å². The van der Waals surface area contributed by atoms with E-state index < -0.39 is 17.1 Å². The molecule has 0 bridgehead atoms. The number of thioether (sulfide) groups is 1. The fraction of sp³-hybridized carbons (Fsp3) is 0.292. The molecule has 0 saturated carbocycles. The van der Waals surface area contributed by atoms with Crippen molar-refractivity contribution >= 4 is 46.3 Å². The number of amides is 3. The highest BCUT2D eigenvalue weighted by Crippen LogP contribution is 2.33. The van der Waals surface area contributed by atoms with Crippen LogP contribution in [0.2, 0.25) is 0 Å². The van der Waals surface area contributed by atoms with Gasteiger partial charge in [0.2, 0.25) is 5.91 Å². The number of anilines is 2. The summed E-state index contributed by atoms with van der Waals surface area (Å²) in [5.74, 6) is 0.146. The summed E-state index contributed by atoms with van der Waals surface area (Å²) in [4.78, 5) is 41.1. The Morgan fingerprint density at radius 1 is 1.06 bits per heavy atom. The van der Waals surface area contributed by atoms with Crippen LogP contribution in [0, 0.1) is 0 Å². The molecule has 34 heavy (non-hydrogen) atoms. The number of morpholine rings is 1. The van der Waals surface area contributed by atoms with Gasteiger partial charge in [-0.3, -0.25) is 19.3 Å². The first-order chi connectivity index (χ1) is 16.5. The van der Waals surface area contributed by atoms with Crippen LogP contribution in [0.5, 0.6) is 11.5 Å². The van der Waals surface area contributed by atoms with E-state index in [-0.39, 0.29) is 11.4 Å². The molecule has 2 aromatic carbocycles. The van der Waals surface area contributed by atoms with Gasteiger partial charge in [-0.15, -0.1) is 0 Å². The first-order valence-electron chi connectivity index (χ1n) is 10.7. The molecule has 2 heterocycles. The number of benzene rings is 2. The van der Waals surface area contributed by atoms with Crippen molar-refractivity contribution in [1.29, 1.82) is 0 Å². The number of hydrogen-bond acceptors (Lipinski definition) is 8. The van der Waals surface area contributed by atoms with Gasteiger partial charge in [0.15, 0.2) is 0 Å². The SMILES string of the molecule is COc1cc(/C=C2/SC(=O)N(CC(=O)Nc3ccc(N4CCOCC4)cc3)C2=O)cc(OC)c1. The van der Waals surface area contributed by atoms with Crippen molar-refractivity contribution in [2.24, 2.45) is 0 Å². The molecule has 3 amide bonds. The maximum atomic E-state index is 12.8. The van der Waals surface area contributed by atoms with Gasteiger partial charge in [0, 0.05) is 30.5 Å². The van der Waals surface area contributed by atoms with Gasteiger partial charge in [-0.1, -0.05) is 0 Å². The van der Waals surface area contributed by atoms with E-state index in [9.17, 15) is 14.4 Å². The summed E-state index contributed by atoms with van der Waals surface area (Å²) < 4.78 is 15.8. The highest BCUT2D eigenvalue weighted by atomic mass is 32.2. The van der Waals surface area contributed by atoms with E-state index in [1.807, 2.05) is 12.1 Å². The molecule has 0 radical (unpaired) electrons. The maximum absolute atomic E-state index is 12.8. The van der Waals surface area contributed by atoms with E-state index in [0.29, 0.717) is 36.0 Å². The molecule has 2 aliphatic heterocycles. The molecule has 9 nitrogen and oxygen atoms in total. The van der Waals surface area contributed by atoms with E-state index in [1.54, 1.807) is 36.4 Å². The van der Waals surface area contributed by atoms with Gasteiger partial charge in [-0.25, -0.2) is 0 Å². The second-order valence-electron chi connectivity index (χ2n) is 7.61. The Bertz CT molecular complexity index is 1090. The fourth-order valence-electron chi connectivity index (χ4n) is 3.62. The molecule has 2 aliphatic rings. The normalized spacial score (nSPS) is 17.3. The number of carbonyl (C=O) groups is 3. The van der Waals surface area contributed by atoms with Crippen molar-refractivity contribution in [1.82, 2.24) is 4.90 Å². The summed E-state index contributed by atoms with van der Waals surface area (Å²) in [6.45, 7) is 2.66. The average Bonchev–Trinajstić information content (AvgIpc) is 3.11. The van der Waals surface area contributed by atoms with Crippen LogP contribution < -0.4 is 19.7 Å². The molecular formula is C24H25N3O6S. The molecule has 0 unspecified atom stereocenters. The summed E-state index contributed by atoms with van der Waals surface area (Å²) in [5, 5.41) is 2.25. The van der Waals surface area contributed by atoms with Crippen molar-refractivity contribution in [3.8, 4) is 11.5 Å². The zero-order valence-electron chi connectivity index (χ0n) is 18.9. The number of imide groups is 1. The number of nitrogens with zero attached hydrogens (tertiary/aromatic N) is 2. The smallest absolute Gasteiger partial charge is 0.294 e. The van der Waals surface area contributed by atoms with Crippen LogP contribution in [0.3, 0.4) is 0 Å². The number of hydrogen-bond donors (Lipinski definition) is 1. The topological polar surface area (TPSA) is 97.4 Å². The second kappa shape index (κ2) is 10.6. The van der Waals surface area contributed by atoms with E-state index in [0.717, 1.165) is 35.4 Å². The molecule has 2 fully saturated rings. The number of methoxy groups -OCH3 is 2. The molecular weight excluding hydrogens is 458 g/mol. The minimum atomic E-state index is -0.519. The van der Waals surface area contributed by atoms with Crippen LogP contribution in [0.15, 0.2) is 47.4 Å². The standard InChI is InChI=1S/C24H25N3O6S/c1-31-19-11-16(12-20(14-19)32-2)13-21-23(29)27(24(30)34-21)15-22(28)25-17-3-5-18(6-4-17)26-7-9-33-10-8-26/h3-6,11-14H,7-10,15H2,1-2H3,(H,25,28)/b21-13+. The Labute approximate surface area is 201 Å². The Balaban J connectivity index is 1.39. The van der Waals surface area contributed by atoms with Gasteiger partial charge >= 0.3 is 0 Å². The average molecular weight is 484 g/mol. The van der Waals surface area contributed by atoms with E-state index in [4.69, 9.17) is 14.2 Å². The Kier molecular flexibility index (Phi) is 7.39. The van der Waals surface area contributed by atoms with Crippen molar-refractivity contribution in [3.63, 3.8) is 0 Å². The summed E-state index contributed by atoms with van der Waals surface area (Å²) in [7, 11) is 3.06. The van der Waals surface area contributed by atoms with Crippen molar-refractivity contribution < 1.29 is 28.6 Å². The van der Waals surface area contributed by atoms with Crippen LogP contribution in [0.25, 0.3) is 6.08 Å². The number of nitrogens with one attached hydrogen (secondary N) is 1. The molecule has 0 spiro atoms. The highest BCUT2D eigenvalue weighted by Gasteiger charge is 2.36. The van der Waals surface area contributed by atoms with Crippen LogP contribution in [0.4, 0.5) is 16.2 Å². The van der Waals surface area contributed by atoms with Gasteiger partial charge in [0.25, 0.3) is 11.1 Å². The summed E-state index contributed by atoms with van der Waals surface area (Å²) in [5.41, 5.74) is 2.28. The van der Waals surface area contributed by atoms with Gasteiger partial charge in [0.1, 0.15) is 18.0 Å². The maximum Gasteiger partial charge on any atom is 0.294 e. The first-order valence-corrected chi connectivity index (χ1v) is 11.5. The molecule has 2 aromatic rings. The minimum Gasteiger partial charge on any atom is -0.497 e. The van der Waals surface area contributed by atoms with Gasteiger partial charge in [0.05, 0.1) is 32.3 Å². The number of rotatable bonds is 7. The molecule has 4 rings (SSSR count). The third kappa shape index (κ3) is 5.52. The molecule has 0 atom stereocenters. The lowest BCUT2D eigenvalue weighted by atomic mass is 10.2. The van der Waals surface area contributed by atoms with Gasteiger partial charge in [-0.05, 0) is 59.8 Å². The molecule has 2 saturated heterocycles. The Morgan fingerprint density at radius 3 is 2.32 bits per heavy atom. The van der Waals surface area contributed by atoms with Crippen LogP contribution >= 0.6 is 11.8 Å². The largest absolute Gasteiger partial charge is 0.497 e. The lowest BCUT2D eigenvalue weighted by Gasteiger charge is -2.28. The third-order valence-electron chi connectivity index (χ3n) is 5.37. The number of ether oxygens (including phenoxy) is 3. The monoisotopic (exact) mass is 483 g/mol. The fourth-order valence-corrected chi connectivity index (χ4v) is 4.46. The molecule has 1 N–H and O–H groups in total. The number of carbonyl (C=O) groups excluding carboxylic acids is 3. The predicted molar refractivity (Wildman–Crippen MR) is 130 cm³/mol. The van der Waals surface area contributed by atoms with Crippen molar-refractivity contribution in [2.45, 2.75) is 0 Å². The van der Waals surface area contributed by atoms with Gasteiger partial charge in [-0.2, -0.15) is 0 Å². The Morgan fingerprint density at radius 2 is 1.71 bits per heavy atom. The summed E-state index contributed by atoms with van der Waals surface area (Å²) in [6, 6.07) is 12.6. The molecule has 0 aliphatic carbocycles. The van der Waals surface area contributed by atoms with Crippen molar-refractivity contribution in [2.75, 3.05) is 57.3 Å². The third-order valence-corrected chi connectivity index (χ3v) is 6.28. The van der Waals surface area contributed by atoms with E-state index in [2.05, 4.69) is 10.2 Å². The molecule has 178 valence electrons. The van der Waals surface area contributed by atoms with Crippen molar-refractivity contribution in [3.05, 3.63) is 52.9 Å². The molecule has 10 heteroatoms. The Hall–Kier alpha value is -3.50. The molecule has 0 aromatic heterocycles. The lowest BCUT2D eigenvalue weighted by molar-refractivity contribution is -0.127. The van der Waals surface area contributed by atoms with Crippen LogP contribution in [-0.2, 0) is 14.3 Å². The van der Waals surface area contributed by atoms with Crippen LogP contribution in [0.1, 0.15) is 5.56 Å². The van der Waals surface area contributed by atoms with E-state index in [1.165, 1.54) is 14.2 Å².